The van der Waals surface area contributed by atoms with E-state index in [0.29, 0.717) is 12.3 Å². The highest BCUT2D eigenvalue weighted by molar-refractivity contribution is 5.66. The number of aliphatic carboxylic acids is 1. The van der Waals surface area contributed by atoms with Gasteiger partial charge in [-0.05, 0) is 5.92 Å². The molecule has 78 valence electrons. The Morgan fingerprint density at radius 2 is 2.36 bits per heavy atom. The van der Waals surface area contributed by atoms with Crippen LogP contribution in [0.3, 0.4) is 0 Å². The minimum Gasteiger partial charge on any atom is -0.481 e. The standard InChI is InChI=1S/C9H15N3O2/c1-7(2)5-12-6-10-11-8(12)3-4-9(13)14/h6-7H,3-5H2,1-2H3,(H,13,14). The lowest BCUT2D eigenvalue weighted by atomic mass is 10.2. The van der Waals surface area contributed by atoms with E-state index >= 15 is 0 Å². The maximum absolute atomic E-state index is 10.4. The third kappa shape index (κ3) is 3.16. The fourth-order valence-corrected chi connectivity index (χ4v) is 1.24. The van der Waals surface area contributed by atoms with E-state index in [-0.39, 0.29) is 6.42 Å². The zero-order chi connectivity index (χ0) is 10.6. The number of aromatic nitrogens is 3. The zero-order valence-corrected chi connectivity index (χ0v) is 8.47. The fourth-order valence-electron chi connectivity index (χ4n) is 1.24. The van der Waals surface area contributed by atoms with Gasteiger partial charge in [0.15, 0.2) is 0 Å². The molecule has 1 aromatic rings. The van der Waals surface area contributed by atoms with Crippen LogP contribution in [-0.4, -0.2) is 25.8 Å². The van der Waals surface area contributed by atoms with Crippen molar-refractivity contribution in [2.75, 3.05) is 0 Å². The lowest BCUT2D eigenvalue weighted by Crippen LogP contribution is -2.09. The lowest BCUT2D eigenvalue weighted by Gasteiger charge is -2.07. The molecule has 0 unspecified atom stereocenters. The largest absolute Gasteiger partial charge is 0.481 e. The summed E-state index contributed by atoms with van der Waals surface area (Å²) in [5, 5.41) is 16.2. The summed E-state index contributed by atoms with van der Waals surface area (Å²) >= 11 is 0. The zero-order valence-electron chi connectivity index (χ0n) is 8.47. The van der Waals surface area contributed by atoms with Crippen molar-refractivity contribution in [1.82, 2.24) is 14.8 Å². The summed E-state index contributed by atoms with van der Waals surface area (Å²) in [6.45, 7) is 5.03. The highest BCUT2D eigenvalue weighted by Crippen LogP contribution is 2.04. The second-order valence-electron chi connectivity index (χ2n) is 3.69. The van der Waals surface area contributed by atoms with Crippen molar-refractivity contribution in [3.05, 3.63) is 12.2 Å². The summed E-state index contributed by atoms with van der Waals surface area (Å²) in [5.41, 5.74) is 0. The lowest BCUT2D eigenvalue weighted by molar-refractivity contribution is -0.137. The van der Waals surface area contributed by atoms with Gasteiger partial charge in [0.25, 0.3) is 0 Å². The molecule has 0 saturated carbocycles. The normalized spacial score (nSPS) is 10.8. The Morgan fingerprint density at radius 3 is 2.93 bits per heavy atom. The molecule has 1 aromatic heterocycles. The minimum atomic E-state index is -0.802. The van der Waals surface area contributed by atoms with E-state index in [0.717, 1.165) is 12.4 Å². The van der Waals surface area contributed by atoms with Crippen LogP contribution in [0, 0.1) is 5.92 Å². The SMILES string of the molecule is CC(C)Cn1cnnc1CCC(=O)O. The van der Waals surface area contributed by atoms with Gasteiger partial charge in [0.1, 0.15) is 12.2 Å². The Morgan fingerprint density at radius 1 is 1.64 bits per heavy atom. The Balaban J connectivity index is 2.58. The van der Waals surface area contributed by atoms with Crippen molar-refractivity contribution in [2.24, 2.45) is 5.92 Å². The molecule has 1 N–H and O–H groups in total. The summed E-state index contributed by atoms with van der Waals surface area (Å²) in [4.78, 5) is 10.4. The first-order valence-electron chi connectivity index (χ1n) is 4.68. The van der Waals surface area contributed by atoms with E-state index in [1.165, 1.54) is 0 Å². The summed E-state index contributed by atoms with van der Waals surface area (Å²) in [6, 6.07) is 0. The molecule has 1 rings (SSSR count). The smallest absolute Gasteiger partial charge is 0.303 e. The van der Waals surface area contributed by atoms with Crippen LogP contribution in [0.15, 0.2) is 6.33 Å². The van der Waals surface area contributed by atoms with Gasteiger partial charge in [0.05, 0.1) is 6.42 Å². The molecule has 0 atom stereocenters. The number of aryl methyl sites for hydroxylation is 1. The van der Waals surface area contributed by atoms with E-state index in [2.05, 4.69) is 24.0 Å². The van der Waals surface area contributed by atoms with Crippen LogP contribution in [0.5, 0.6) is 0 Å². The van der Waals surface area contributed by atoms with Crippen LogP contribution in [0.4, 0.5) is 0 Å². The highest BCUT2D eigenvalue weighted by Gasteiger charge is 2.07. The van der Waals surface area contributed by atoms with E-state index in [1.807, 2.05) is 4.57 Å². The summed E-state index contributed by atoms with van der Waals surface area (Å²) in [5.74, 6) is 0.458. The number of carboxylic acids is 1. The van der Waals surface area contributed by atoms with Crippen LogP contribution in [0.25, 0.3) is 0 Å². The maximum Gasteiger partial charge on any atom is 0.303 e. The Labute approximate surface area is 82.8 Å². The van der Waals surface area contributed by atoms with Gasteiger partial charge >= 0.3 is 5.97 Å². The average molecular weight is 197 g/mol. The Hall–Kier alpha value is -1.39. The molecule has 0 fully saturated rings. The van der Waals surface area contributed by atoms with Crippen molar-refractivity contribution < 1.29 is 9.90 Å². The van der Waals surface area contributed by atoms with Gasteiger partial charge in [0, 0.05) is 13.0 Å². The van der Waals surface area contributed by atoms with Crippen molar-refractivity contribution in [3.63, 3.8) is 0 Å². The molecule has 5 nitrogen and oxygen atoms in total. The summed E-state index contributed by atoms with van der Waals surface area (Å²) < 4.78 is 1.91. The van der Waals surface area contributed by atoms with Crippen LogP contribution < -0.4 is 0 Å². The first-order chi connectivity index (χ1) is 6.59. The fraction of sp³-hybridized carbons (Fsp3) is 0.667. The van der Waals surface area contributed by atoms with Crippen LogP contribution in [0.2, 0.25) is 0 Å². The molecule has 14 heavy (non-hydrogen) atoms. The predicted molar refractivity (Wildman–Crippen MR) is 50.8 cm³/mol. The molecule has 0 aliphatic rings. The number of hydrogen-bond acceptors (Lipinski definition) is 3. The molecule has 0 bridgehead atoms. The maximum atomic E-state index is 10.4. The van der Waals surface area contributed by atoms with Gasteiger partial charge in [-0.2, -0.15) is 0 Å². The quantitative estimate of drug-likeness (QED) is 0.763. The minimum absolute atomic E-state index is 0.108. The third-order valence-corrected chi connectivity index (χ3v) is 1.82. The number of carboxylic acid groups (broad SMARTS) is 1. The van der Waals surface area contributed by atoms with E-state index < -0.39 is 5.97 Å². The molecule has 1 heterocycles. The molecule has 0 saturated heterocycles. The van der Waals surface area contributed by atoms with Crippen LogP contribution >= 0.6 is 0 Å². The molecule has 0 aliphatic carbocycles. The van der Waals surface area contributed by atoms with Crippen LogP contribution in [-0.2, 0) is 17.8 Å². The number of hydrogen-bond donors (Lipinski definition) is 1. The van der Waals surface area contributed by atoms with Gasteiger partial charge in [-0.25, -0.2) is 0 Å². The Kier molecular flexibility index (Phi) is 3.62. The van der Waals surface area contributed by atoms with Gasteiger partial charge in [-0.1, -0.05) is 13.8 Å². The van der Waals surface area contributed by atoms with Crippen LogP contribution in [0.1, 0.15) is 26.1 Å². The molecule has 0 amide bonds. The molecule has 5 heteroatoms. The first kappa shape index (κ1) is 10.7. The van der Waals surface area contributed by atoms with Crippen molar-refractivity contribution in [1.29, 1.82) is 0 Å². The topological polar surface area (TPSA) is 68.0 Å². The predicted octanol–water partition coefficient (Wildman–Crippen LogP) is 0.951. The summed E-state index contributed by atoms with van der Waals surface area (Å²) in [7, 11) is 0. The van der Waals surface area contributed by atoms with E-state index in [4.69, 9.17) is 5.11 Å². The van der Waals surface area contributed by atoms with Crippen molar-refractivity contribution >= 4 is 5.97 Å². The molecular formula is C9H15N3O2. The van der Waals surface area contributed by atoms with Gasteiger partial charge < -0.3 is 9.67 Å². The van der Waals surface area contributed by atoms with Crippen molar-refractivity contribution in [2.45, 2.75) is 33.2 Å². The average Bonchev–Trinajstić information content (AvgIpc) is 2.47. The first-order valence-corrected chi connectivity index (χ1v) is 4.68. The molecule has 0 aromatic carbocycles. The van der Waals surface area contributed by atoms with Gasteiger partial charge in [-0.15, -0.1) is 10.2 Å². The molecule has 0 radical (unpaired) electrons. The second kappa shape index (κ2) is 4.74. The molecule has 0 aliphatic heterocycles. The number of carbonyl (C=O) groups is 1. The number of rotatable bonds is 5. The third-order valence-electron chi connectivity index (χ3n) is 1.82. The highest BCUT2D eigenvalue weighted by atomic mass is 16.4. The number of nitrogens with zero attached hydrogens (tertiary/aromatic N) is 3. The van der Waals surface area contributed by atoms with Gasteiger partial charge in [0.2, 0.25) is 0 Å². The van der Waals surface area contributed by atoms with E-state index in [1.54, 1.807) is 6.33 Å². The Bertz CT molecular complexity index is 307. The monoisotopic (exact) mass is 197 g/mol. The molecule has 0 spiro atoms. The second-order valence-corrected chi connectivity index (χ2v) is 3.69. The molecular weight excluding hydrogens is 182 g/mol. The summed E-state index contributed by atoms with van der Waals surface area (Å²) in [6.07, 6.45) is 2.20. The van der Waals surface area contributed by atoms with Gasteiger partial charge in [-0.3, -0.25) is 4.79 Å². The van der Waals surface area contributed by atoms with Crippen molar-refractivity contribution in [3.8, 4) is 0 Å². The van der Waals surface area contributed by atoms with E-state index in [9.17, 15) is 4.79 Å².